The van der Waals surface area contributed by atoms with E-state index in [1.807, 2.05) is 24.3 Å². The molecule has 8 heteroatoms. The molecule has 0 spiro atoms. The van der Waals surface area contributed by atoms with Crippen LogP contribution >= 0.6 is 11.6 Å². The van der Waals surface area contributed by atoms with Crippen LogP contribution in [0, 0.1) is 0 Å². The Morgan fingerprint density at radius 3 is 2.58 bits per heavy atom. The Bertz CT molecular complexity index is 790. The van der Waals surface area contributed by atoms with Gasteiger partial charge in [0.15, 0.2) is 0 Å². The molecule has 6 nitrogen and oxygen atoms in total. The highest BCUT2D eigenvalue weighted by molar-refractivity contribution is 7.89. The number of ether oxygens (including phenoxy) is 1. The fourth-order valence-electron chi connectivity index (χ4n) is 2.40. The number of hydrogen-bond donors (Lipinski definition) is 1. The van der Waals surface area contributed by atoms with E-state index in [4.69, 9.17) is 16.3 Å². The molecule has 0 unspecified atom stereocenters. The van der Waals surface area contributed by atoms with Crippen LogP contribution in [0.25, 0.3) is 0 Å². The summed E-state index contributed by atoms with van der Waals surface area (Å²) < 4.78 is 31.6. The van der Waals surface area contributed by atoms with E-state index in [-0.39, 0.29) is 4.90 Å². The number of hydrogen-bond acceptors (Lipinski definition) is 5. The summed E-state index contributed by atoms with van der Waals surface area (Å²) in [5.74, 6) is 0.593. The minimum absolute atomic E-state index is 0.188. The van der Waals surface area contributed by atoms with Crippen molar-refractivity contribution in [1.82, 2.24) is 9.29 Å². The quantitative estimate of drug-likeness (QED) is 0.878. The van der Waals surface area contributed by atoms with Gasteiger partial charge in [0.05, 0.1) is 13.2 Å². The van der Waals surface area contributed by atoms with Crippen LogP contribution in [0.5, 0.6) is 0 Å². The van der Waals surface area contributed by atoms with Crippen LogP contribution in [-0.2, 0) is 21.3 Å². The predicted octanol–water partition coefficient (Wildman–Crippen LogP) is 2.37. The lowest BCUT2D eigenvalue weighted by Crippen LogP contribution is -2.40. The number of pyridine rings is 1. The first-order chi connectivity index (χ1) is 11.6. The van der Waals surface area contributed by atoms with Gasteiger partial charge in [-0.05, 0) is 23.8 Å². The van der Waals surface area contributed by atoms with E-state index < -0.39 is 10.0 Å². The van der Waals surface area contributed by atoms with Crippen LogP contribution in [-0.4, -0.2) is 44.0 Å². The van der Waals surface area contributed by atoms with Gasteiger partial charge < -0.3 is 10.1 Å². The highest BCUT2D eigenvalue weighted by Gasteiger charge is 2.26. The second-order valence-electron chi connectivity index (χ2n) is 5.34. The Hall–Kier alpha value is -1.67. The van der Waals surface area contributed by atoms with Crippen molar-refractivity contribution in [2.75, 3.05) is 31.6 Å². The number of sulfonamides is 1. The molecule has 3 rings (SSSR count). The average Bonchev–Trinajstić information content (AvgIpc) is 2.62. The fraction of sp³-hybridized carbons (Fsp3) is 0.312. The van der Waals surface area contributed by atoms with Crippen LogP contribution in [0.1, 0.15) is 5.56 Å². The van der Waals surface area contributed by atoms with Crippen LogP contribution in [0.4, 0.5) is 5.82 Å². The number of halogens is 1. The third-order valence-electron chi connectivity index (χ3n) is 3.76. The number of anilines is 1. The van der Waals surface area contributed by atoms with E-state index in [9.17, 15) is 8.42 Å². The van der Waals surface area contributed by atoms with Crippen LogP contribution < -0.4 is 5.32 Å². The second kappa shape index (κ2) is 7.48. The summed E-state index contributed by atoms with van der Waals surface area (Å²) in [7, 11) is -3.51. The minimum Gasteiger partial charge on any atom is -0.379 e. The van der Waals surface area contributed by atoms with Crippen molar-refractivity contribution >= 4 is 27.4 Å². The number of benzene rings is 1. The normalized spacial score (nSPS) is 16.0. The second-order valence-corrected chi connectivity index (χ2v) is 7.69. The fourth-order valence-corrected chi connectivity index (χ4v) is 3.96. The number of nitrogens with one attached hydrogen (secondary N) is 1. The molecule has 1 N–H and O–H groups in total. The largest absolute Gasteiger partial charge is 0.379 e. The molecule has 0 saturated carbocycles. The molecular weight excluding hydrogens is 350 g/mol. The lowest BCUT2D eigenvalue weighted by atomic mass is 10.2. The zero-order valence-corrected chi connectivity index (χ0v) is 14.6. The summed E-state index contributed by atoms with van der Waals surface area (Å²) in [5, 5.41) is 3.81. The molecule has 1 fully saturated rings. The van der Waals surface area contributed by atoms with E-state index in [1.165, 1.54) is 10.5 Å². The Balaban J connectivity index is 1.68. The van der Waals surface area contributed by atoms with Crippen molar-refractivity contribution in [1.29, 1.82) is 0 Å². The van der Waals surface area contributed by atoms with Gasteiger partial charge in [-0.1, -0.05) is 29.8 Å². The lowest BCUT2D eigenvalue weighted by Gasteiger charge is -2.25. The Labute approximate surface area is 146 Å². The van der Waals surface area contributed by atoms with E-state index >= 15 is 0 Å². The van der Waals surface area contributed by atoms with Gasteiger partial charge in [0.2, 0.25) is 10.0 Å². The van der Waals surface area contributed by atoms with Crippen LogP contribution in [0.15, 0.2) is 47.5 Å². The van der Waals surface area contributed by atoms with Crippen molar-refractivity contribution in [3.8, 4) is 0 Å². The van der Waals surface area contributed by atoms with E-state index in [0.717, 1.165) is 5.56 Å². The van der Waals surface area contributed by atoms with Crippen LogP contribution in [0.2, 0.25) is 5.02 Å². The third kappa shape index (κ3) is 3.87. The SMILES string of the molecule is O=S(=O)(c1ccc(NCc2ccccc2Cl)nc1)N1CCOCC1. The number of nitrogens with zero attached hydrogens (tertiary/aromatic N) is 2. The average molecular weight is 368 g/mol. The molecule has 1 aliphatic heterocycles. The zero-order valence-electron chi connectivity index (χ0n) is 13.0. The monoisotopic (exact) mass is 367 g/mol. The molecule has 2 heterocycles. The van der Waals surface area contributed by atoms with Crippen molar-refractivity contribution in [2.24, 2.45) is 0 Å². The van der Waals surface area contributed by atoms with Gasteiger partial charge in [0, 0.05) is 30.9 Å². The maximum Gasteiger partial charge on any atom is 0.244 e. The molecule has 24 heavy (non-hydrogen) atoms. The van der Waals surface area contributed by atoms with E-state index in [0.29, 0.717) is 43.7 Å². The van der Waals surface area contributed by atoms with E-state index in [1.54, 1.807) is 12.1 Å². The number of aromatic nitrogens is 1. The maximum absolute atomic E-state index is 12.5. The summed E-state index contributed by atoms with van der Waals surface area (Å²) in [4.78, 5) is 4.38. The van der Waals surface area contributed by atoms with Crippen molar-refractivity contribution in [3.63, 3.8) is 0 Å². The number of rotatable bonds is 5. The Morgan fingerprint density at radius 2 is 1.92 bits per heavy atom. The van der Waals surface area contributed by atoms with Gasteiger partial charge in [-0.25, -0.2) is 13.4 Å². The Kier molecular flexibility index (Phi) is 5.35. The Morgan fingerprint density at radius 1 is 1.17 bits per heavy atom. The smallest absolute Gasteiger partial charge is 0.244 e. The molecule has 2 aromatic rings. The summed E-state index contributed by atoms with van der Waals surface area (Å²) >= 11 is 6.11. The summed E-state index contributed by atoms with van der Waals surface area (Å²) in [6.07, 6.45) is 1.37. The molecule has 1 aromatic heterocycles. The molecule has 1 saturated heterocycles. The molecule has 128 valence electrons. The van der Waals surface area contributed by atoms with Crippen LogP contribution in [0.3, 0.4) is 0 Å². The van der Waals surface area contributed by atoms with Crippen molar-refractivity contribution in [2.45, 2.75) is 11.4 Å². The molecule has 1 aromatic carbocycles. The molecule has 0 radical (unpaired) electrons. The first kappa shape index (κ1) is 17.2. The van der Waals surface area contributed by atoms with Gasteiger partial charge in [0.25, 0.3) is 0 Å². The van der Waals surface area contributed by atoms with E-state index in [2.05, 4.69) is 10.3 Å². The molecule has 1 aliphatic rings. The first-order valence-corrected chi connectivity index (χ1v) is 9.40. The molecule has 0 atom stereocenters. The van der Waals surface area contributed by atoms with Gasteiger partial charge in [-0.15, -0.1) is 0 Å². The minimum atomic E-state index is -3.51. The summed E-state index contributed by atoms with van der Waals surface area (Å²) in [5.41, 5.74) is 0.950. The summed E-state index contributed by atoms with van der Waals surface area (Å²) in [6, 6.07) is 10.7. The highest BCUT2D eigenvalue weighted by atomic mass is 35.5. The topological polar surface area (TPSA) is 71.5 Å². The zero-order chi connectivity index (χ0) is 17.0. The molecule has 0 aliphatic carbocycles. The van der Waals surface area contributed by atoms with Crippen molar-refractivity contribution in [3.05, 3.63) is 53.2 Å². The van der Waals surface area contributed by atoms with Gasteiger partial charge in [-0.2, -0.15) is 4.31 Å². The first-order valence-electron chi connectivity index (χ1n) is 7.58. The molecular formula is C16H18ClN3O3S. The third-order valence-corrected chi connectivity index (χ3v) is 6.01. The van der Waals surface area contributed by atoms with Gasteiger partial charge >= 0.3 is 0 Å². The van der Waals surface area contributed by atoms with Gasteiger partial charge in [-0.3, -0.25) is 0 Å². The lowest BCUT2D eigenvalue weighted by molar-refractivity contribution is 0.0730. The molecule has 0 bridgehead atoms. The van der Waals surface area contributed by atoms with Gasteiger partial charge in [0.1, 0.15) is 10.7 Å². The van der Waals surface area contributed by atoms with Crippen molar-refractivity contribution < 1.29 is 13.2 Å². The summed E-state index contributed by atoms with van der Waals surface area (Å²) in [6.45, 7) is 2.10. The highest BCUT2D eigenvalue weighted by Crippen LogP contribution is 2.19. The standard InChI is InChI=1S/C16H18ClN3O3S/c17-15-4-2-1-3-13(15)11-18-16-6-5-14(12-19-16)24(21,22)20-7-9-23-10-8-20/h1-6,12H,7-11H2,(H,18,19). The predicted molar refractivity (Wildman–Crippen MR) is 92.6 cm³/mol. The molecule has 0 amide bonds. The number of morpholine rings is 1. The maximum atomic E-state index is 12.5.